The molecular formula is C26H28O5. The second-order valence-electron chi connectivity index (χ2n) is 8.85. The minimum absolute atomic E-state index is 0.205. The maximum atomic E-state index is 12.8. The average molecular weight is 421 g/mol. The van der Waals surface area contributed by atoms with Crippen LogP contribution < -0.4 is 0 Å². The summed E-state index contributed by atoms with van der Waals surface area (Å²) in [7, 11) is 0. The third kappa shape index (κ3) is 4.02. The van der Waals surface area contributed by atoms with Gasteiger partial charge < -0.3 is 14.6 Å². The second kappa shape index (κ2) is 8.31. The van der Waals surface area contributed by atoms with Crippen molar-refractivity contribution in [3.05, 3.63) is 58.7 Å². The van der Waals surface area contributed by atoms with Crippen LogP contribution in [0, 0.1) is 5.41 Å². The summed E-state index contributed by atoms with van der Waals surface area (Å²) >= 11 is 0. The quantitative estimate of drug-likeness (QED) is 0.658. The third-order valence-electron chi connectivity index (χ3n) is 6.29. The van der Waals surface area contributed by atoms with E-state index in [9.17, 15) is 14.7 Å². The Labute approximate surface area is 182 Å². The summed E-state index contributed by atoms with van der Waals surface area (Å²) in [6, 6.07) is 7.78. The fourth-order valence-corrected chi connectivity index (χ4v) is 4.01. The number of rotatable bonds is 7. The highest BCUT2D eigenvalue weighted by Gasteiger charge is 2.28. The van der Waals surface area contributed by atoms with Crippen molar-refractivity contribution in [1.82, 2.24) is 0 Å². The molecule has 5 heteroatoms. The number of esters is 2. The zero-order valence-electron chi connectivity index (χ0n) is 18.2. The molecule has 31 heavy (non-hydrogen) atoms. The molecule has 0 spiro atoms. The molecule has 2 aromatic carbocycles. The topological polar surface area (TPSA) is 72.8 Å². The molecule has 2 aliphatic rings. The van der Waals surface area contributed by atoms with Gasteiger partial charge in [0.1, 0.15) is 19.3 Å². The van der Waals surface area contributed by atoms with Gasteiger partial charge in [-0.05, 0) is 72.2 Å². The van der Waals surface area contributed by atoms with Crippen LogP contribution in [0.1, 0.15) is 60.7 Å². The zero-order chi connectivity index (χ0) is 22.2. The number of hydrogen-bond donors (Lipinski definition) is 1. The minimum Gasteiger partial charge on any atom is -0.462 e. The molecule has 4 rings (SSSR count). The van der Waals surface area contributed by atoms with E-state index in [0.29, 0.717) is 12.0 Å². The Kier molecular flexibility index (Phi) is 5.71. The number of allylic oxidation sites excluding steroid dienone is 3. The number of aliphatic hydroxyl groups excluding tert-OH is 1. The Morgan fingerprint density at radius 3 is 2.65 bits per heavy atom. The summed E-state index contributed by atoms with van der Waals surface area (Å²) in [6.07, 6.45) is 7.87. The van der Waals surface area contributed by atoms with Crippen molar-refractivity contribution >= 4 is 34.4 Å². The average Bonchev–Trinajstić information content (AvgIpc) is 2.79. The summed E-state index contributed by atoms with van der Waals surface area (Å²) in [5.41, 5.74) is 4.75. The maximum Gasteiger partial charge on any atom is 0.338 e. The van der Waals surface area contributed by atoms with Crippen LogP contribution >= 0.6 is 0 Å². The van der Waals surface area contributed by atoms with Gasteiger partial charge in [0.05, 0.1) is 11.0 Å². The van der Waals surface area contributed by atoms with E-state index in [-0.39, 0.29) is 19.2 Å². The fourth-order valence-electron chi connectivity index (χ4n) is 4.01. The normalized spacial score (nSPS) is 15.4. The molecular weight excluding hydrogens is 392 g/mol. The van der Waals surface area contributed by atoms with Crippen molar-refractivity contribution in [3.8, 4) is 0 Å². The van der Waals surface area contributed by atoms with Gasteiger partial charge in [0, 0.05) is 0 Å². The minimum atomic E-state index is -1.07. The van der Waals surface area contributed by atoms with Crippen LogP contribution in [-0.2, 0) is 20.7 Å². The highest BCUT2D eigenvalue weighted by Crippen LogP contribution is 2.41. The number of carbonyl (C=O) groups excluding carboxylic acids is 2. The summed E-state index contributed by atoms with van der Waals surface area (Å²) in [5, 5.41) is 12.1. The highest BCUT2D eigenvalue weighted by atomic mass is 16.6. The van der Waals surface area contributed by atoms with Crippen LogP contribution in [0.15, 0.2) is 36.4 Å². The van der Waals surface area contributed by atoms with Gasteiger partial charge in [0.15, 0.2) is 0 Å². The van der Waals surface area contributed by atoms with Gasteiger partial charge in [-0.3, -0.25) is 4.79 Å². The van der Waals surface area contributed by atoms with E-state index in [1.807, 2.05) is 25.1 Å². The van der Waals surface area contributed by atoms with Gasteiger partial charge >= 0.3 is 11.9 Å². The first-order valence-electron chi connectivity index (χ1n) is 10.8. The van der Waals surface area contributed by atoms with Crippen molar-refractivity contribution in [3.63, 3.8) is 0 Å². The molecule has 0 aliphatic heterocycles. The molecule has 1 unspecified atom stereocenters. The summed E-state index contributed by atoms with van der Waals surface area (Å²) in [5.74, 6) is -0.868. The number of ether oxygens (including phenoxy) is 2. The smallest absolute Gasteiger partial charge is 0.338 e. The number of carbonyl (C=O) groups is 2. The van der Waals surface area contributed by atoms with E-state index in [2.05, 4.69) is 18.2 Å². The standard InChI is InChI=1S/C26H28O5/c1-4-26(2,3)25(29)31-15-19(27)14-30-24(28)21-13-11-18-9-8-16-6-5-7-17-10-12-20(21)23(18)22(16)17/h5,7-8,10-13,19,27H,4,6,9,14-15H2,1-3H3. The molecule has 0 heterocycles. The van der Waals surface area contributed by atoms with Gasteiger partial charge in [0.2, 0.25) is 0 Å². The molecule has 0 fully saturated rings. The summed E-state index contributed by atoms with van der Waals surface area (Å²) < 4.78 is 10.5. The van der Waals surface area contributed by atoms with Crippen LogP contribution in [0.25, 0.3) is 22.4 Å². The molecule has 2 aromatic rings. The first kappa shape index (κ1) is 21.3. The van der Waals surface area contributed by atoms with Gasteiger partial charge in [-0.1, -0.05) is 43.4 Å². The second-order valence-corrected chi connectivity index (χ2v) is 8.85. The van der Waals surface area contributed by atoms with Crippen LogP contribution in [-0.4, -0.2) is 36.4 Å². The van der Waals surface area contributed by atoms with Crippen molar-refractivity contribution in [2.24, 2.45) is 5.41 Å². The largest absolute Gasteiger partial charge is 0.462 e. The van der Waals surface area contributed by atoms with Crippen molar-refractivity contribution in [2.75, 3.05) is 13.2 Å². The van der Waals surface area contributed by atoms with E-state index in [0.717, 1.165) is 23.6 Å². The highest BCUT2D eigenvalue weighted by molar-refractivity contribution is 6.11. The van der Waals surface area contributed by atoms with Gasteiger partial charge in [-0.2, -0.15) is 0 Å². The lowest BCUT2D eigenvalue weighted by Gasteiger charge is -2.24. The van der Waals surface area contributed by atoms with Crippen molar-refractivity contribution < 1.29 is 24.2 Å². The summed E-state index contributed by atoms with van der Waals surface area (Å²) in [6.45, 7) is 5.05. The molecule has 5 nitrogen and oxygen atoms in total. The molecule has 0 aromatic heterocycles. The van der Waals surface area contributed by atoms with Gasteiger partial charge in [-0.25, -0.2) is 4.79 Å². The molecule has 1 N–H and O–H groups in total. The third-order valence-corrected chi connectivity index (χ3v) is 6.29. The Balaban J connectivity index is 1.48. The number of benzene rings is 2. The Bertz CT molecular complexity index is 1110. The Hall–Kier alpha value is -2.92. The van der Waals surface area contributed by atoms with E-state index in [4.69, 9.17) is 9.47 Å². The fraction of sp³-hybridized carbons (Fsp3) is 0.385. The molecule has 162 valence electrons. The Morgan fingerprint density at radius 1 is 1.10 bits per heavy atom. The van der Waals surface area contributed by atoms with Crippen molar-refractivity contribution in [2.45, 2.75) is 46.1 Å². The van der Waals surface area contributed by atoms with Gasteiger partial charge in [0.25, 0.3) is 0 Å². The molecule has 0 bridgehead atoms. The molecule has 0 saturated heterocycles. The number of aliphatic hydroxyl groups is 1. The molecule has 0 amide bonds. The first-order valence-corrected chi connectivity index (χ1v) is 10.8. The monoisotopic (exact) mass is 420 g/mol. The van der Waals surface area contributed by atoms with Crippen molar-refractivity contribution in [1.29, 1.82) is 0 Å². The number of hydrogen-bond acceptors (Lipinski definition) is 5. The Morgan fingerprint density at radius 2 is 1.87 bits per heavy atom. The predicted molar refractivity (Wildman–Crippen MR) is 121 cm³/mol. The van der Waals surface area contributed by atoms with Gasteiger partial charge in [-0.15, -0.1) is 0 Å². The van der Waals surface area contributed by atoms with Crippen LogP contribution in [0.3, 0.4) is 0 Å². The lowest BCUT2D eigenvalue weighted by molar-refractivity contribution is -0.157. The predicted octanol–water partition coefficient (Wildman–Crippen LogP) is 4.69. The van der Waals surface area contributed by atoms with Crippen LogP contribution in [0.5, 0.6) is 0 Å². The maximum absolute atomic E-state index is 12.8. The SMILES string of the molecule is CCC(C)(C)C(=O)OCC(O)COC(=O)c1ccc2c3c4c(ccc13)C=CCC4=CC2. The first-order chi connectivity index (χ1) is 14.8. The van der Waals surface area contributed by atoms with Crippen LogP contribution in [0.4, 0.5) is 0 Å². The summed E-state index contributed by atoms with van der Waals surface area (Å²) in [4.78, 5) is 24.9. The molecule has 0 radical (unpaired) electrons. The molecule has 1 atom stereocenters. The van der Waals surface area contributed by atoms with Crippen LogP contribution in [0.2, 0.25) is 0 Å². The lowest BCUT2D eigenvalue weighted by atomic mass is 9.80. The zero-order valence-corrected chi connectivity index (χ0v) is 18.2. The van der Waals surface area contributed by atoms with E-state index >= 15 is 0 Å². The molecule has 0 saturated carbocycles. The van der Waals surface area contributed by atoms with E-state index < -0.39 is 17.5 Å². The van der Waals surface area contributed by atoms with E-state index in [1.165, 1.54) is 22.3 Å². The molecule has 2 aliphatic carbocycles. The lowest BCUT2D eigenvalue weighted by Crippen LogP contribution is -2.31. The van der Waals surface area contributed by atoms with E-state index in [1.54, 1.807) is 19.9 Å².